The summed E-state index contributed by atoms with van der Waals surface area (Å²) >= 11 is 7.98. The van der Waals surface area contributed by atoms with Crippen LogP contribution in [0.1, 0.15) is 31.0 Å². The molecule has 0 unspecified atom stereocenters. The van der Waals surface area contributed by atoms with Crippen LogP contribution in [-0.2, 0) is 5.88 Å². The van der Waals surface area contributed by atoms with Crippen molar-refractivity contribution < 1.29 is 0 Å². The highest BCUT2D eigenvalue weighted by Gasteiger charge is 2.14. The van der Waals surface area contributed by atoms with E-state index >= 15 is 0 Å². The van der Waals surface area contributed by atoms with Crippen molar-refractivity contribution in [2.24, 2.45) is 0 Å². The molecule has 1 aromatic heterocycles. The molecule has 1 aliphatic heterocycles. The van der Waals surface area contributed by atoms with Gasteiger partial charge in [-0.2, -0.15) is 11.8 Å². The summed E-state index contributed by atoms with van der Waals surface area (Å²) in [4.78, 5) is 7.14. The summed E-state index contributed by atoms with van der Waals surface area (Å²) in [6.45, 7) is 6.55. The molecule has 0 aliphatic carbocycles. The van der Waals surface area contributed by atoms with E-state index in [1.54, 1.807) is 0 Å². The molecule has 1 aliphatic rings. The first-order chi connectivity index (χ1) is 8.20. The fraction of sp³-hybridized carbons (Fsp3) is 0.615. The average Bonchev–Trinajstić information content (AvgIpc) is 2.39. The molecule has 0 radical (unpaired) electrons. The zero-order chi connectivity index (χ0) is 12.3. The zero-order valence-corrected chi connectivity index (χ0v) is 12.0. The van der Waals surface area contributed by atoms with Crippen molar-refractivity contribution in [3.8, 4) is 0 Å². The van der Waals surface area contributed by atoms with E-state index in [0.717, 1.165) is 24.6 Å². The lowest BCUT2D eigenvalue weighted by Crippen LogP contribution is -2.33. The van der Waals surface area contributed by atoms with Gasteiger partial charge in [-0.15, -0.1) is 11.6 Å². The van der Waals surface area contributed by atoms with E-state index in [9.17, 15) is 0 Å². The third-order valence-corrected chi connectivity index (χ3v) is 4.22. The standard InChI is InChI=1S/C13H19ClN2S/c1-10(2)12-7-11(9-14)8-13(15-12)16-3-5-17-6-4-16/h7-8,10H,3-6,9H2,1-2H3. The van der Waals surface area contributed by atoms with Crippen LogP contribution in [0.2, 0.25) is 0 Å². The third kappa shape index (κ3) is 3.29. The van der Waals surface area contributed by atoms with Crippen LogP contribution >= 0.6 is 23.4 Å². The van der Waals surface area contributed by atoms with Crippen molar-refractivity contribution in [3.05, 3.63) is 23.4 Å². The van der Waals surface area contributed by atoms with Crippen LogP contribution in [0.3, 0.4) is 0 Å². The van der Waals surface area contributed by atoms with E-state index < -0.39 is 0 Å². The zero-order valence-electron chi connectivity index (χ0n) is 10.4. The first kappa shape index (κ1) is 13.0. The molecule has 94 valence electrons. The molecule has 0 amide bonds. The monoisotopic (exact) mass is 270 g/mol. The number of hydrogen-bond acceptors (Lipinski definition) is 3. The quantitative estimate of drug-likeness (QED) is 0.782. The van der Waals surface area contributed by atoms with Gasteiger partial charge in [-0.05, 0) is 23.6 Å². The van der Waals surface area contributed by atoms with E-state index in [4.69, 9.17) is 16.6 Å². The van der Waals surface area contributed by atoms with Gasteiger partial charge < -0.3 is 4.90 Å². The number of rotatable bonds is 3. The number of nitrogens with zero attached hydrogens (tertiary/aromatic N) is 2. The summed E-state index contributed by atoms with van der Waals surface area (Å²) < 4.78 is 0. The summed E-state index contributed by atoms with van der Waals surface area (Å²) in [6, 6.07) is 4.26. The van der Waals surface area contributed by atoms with Crippen LogP contribution in [0.4, 0.5) is 5.82 Å². The first-order valence-corrected chi connectivity index (χ1v) is 7.79. The van der Waals surface area contributed by atoms with Gasteiger partial charge in [0.2, 0.25) is 0 Å². The van der Waals surface area contributed by atoms with Crippen molar-refractivity contribution in [1.82, 2.24) is 4.98 Å². The van der Waals surface area contributed by atoms with Gasteiger partial charge in [0.05, 0.1) is 0 Å². The lowest BCUT2D eigenvalue weighted by Gasteiger charge is -2.28. The minimum Gasteiger partial charge on any atom is -0.355 e. The van der Waals surface area contributed by atoms with E-state index in [1.807, 2.05) is 11.8 Å². The fourth-order valence-corrected chi connectivity index (χ4v) is 2.98. The Morgan fingerprint density at radius 3 is 2.65 bits per heavy atom. The van der Waals surface area contributed by atoms with Crippen LogP contribution in [-0.4, -0.2) is 29.6 Å². The lowest BCUT2D eigenvalue weighted by molar-refractivity contribution is 0.788. The Bertz CT molecular complexity index is 376. The second kappa shape index (κ2) is 5.96. The Morgan fingerprint density at radius 2 is 2.06 bits per heavy atom. The van der Waals surface area contributed by atoms with Gasteiger partial charge in [0.1, 0.15) is 5.82 Å². The SMILES string of the molecule is CC(C)c1cc(CCl)cc(N2CCSCC2)n1. The van der Waals surface area contributed by atoms with Crippen molar-refractivity contribution in [3.63, 3.8) is 0 Å². The highest BCUT2D eigenvalue weighted by Crippen LogP contribution is 2.23. The molecule has 0 atom stereocenters. The van der Waals surface area contributed by atoms with Gasteiger partial charge in [-0.1, -0.05) is 13.8 Å². The molecular formula is C13H19ClN2S. The van der Waals surface area contributed by atoms with Gasteiger partial charge in [0.15, 0.2) is 0 Å². The summed E-state index contributed by atoms with van der Waals surface area (Å²) in [6.07, 6.45) is 0. The van der Waals surface area contributed by atoms with Gasteiger partial charge in [0.25, 0.3) is 0 Å². The molecule has 4 heteroatoms. The molecule has 1 aromatic rings. The maximum atomic E-state index is 5.96. The van der Waals surface area contributed by atoms with Crippen molar-refractivity contribution in [2.45, 2.75) is 25.6 Å². The Kier molecular flexibility index (Phi) is 4.57. The van der Waals surface area contributed by atoms with E-state index in [1.165, 1.54) is 17.1 Å². The molecule has 2 heterocycles. The van der Waals surface area contributed by atoms with Gasteiger partial charge in [-0.25, -0.2) is 4.98 Å². The molecule has 1 fully saturated rings. The molecule has 0 aromatic carbocycles. The summed E-state index contributed by atoms with van der Waals surface area (Å²) in [5.41, 5.74) is 2.33. The minimum absolute atomic E-state index is 0.455. The Labute approximate surface area is 113 Å². The lowest BCUT2D eigenvalue weighted by atomic mass is 10.1. The molecule has 0 N–H and O–H groups in total. The van der Waals surface area contributed by atoms with Crippen molar-refractivity contribution in [1.29, 1.82) is 0 Å². The van der Waals surface area contributed by atoms with Gasteiger partial charge >= 0.3 is 0 Å². The fourth-order valence-electron chi connectivity index (χ4n) is 1.92. The predicted octanol–water partition coefficient (Wildman–Crippen LogP) is 3.50. The van der Waals surface area contributed by atoms with Crippen LogP contribution < -0.4 is 4.90 Å². The van der Waals surface area contributed by atoms with E-state index in [2.05, 4.69) is 30.9 Å². The van der Waals surface area contributed by atoms with Crippen LogP contribution in [0, 0.1) is 0 Å². The maximum Gasteiger partial charge on any atom is 0.129 e. The minimum atomic E-state index is 0.455. The molecule has 2 rings (SSSR count). The topological polar surface area (TPSA) is 16.1 Å². The van der Waals surface area contributed by atoms with Gasteiger partial charge in [0, 0.05) is 36.2 Å². The number of pyridine rings is 1. The second-order valence-electron chi connectivity index (χ2n) is 4.65. The first-order valence-electron chi connectivity index (χ1n) is 6.10. The maximum absolute atomic E-state index is 5.96. The number of thioether (sulfide) groups is 1. The largest absolute Gasteiger partial charge is 0.355 e. The molecule has 17 heavy (non-hydrogen) atoms. The second-order valence-corrected chi connectivity index (χ2v) is 6.14. The Hall–Kier alpha value is -0.410. The van der Waals surface area contributed by atoms with Crippen molar-refractivity contribution >= 4 is 29.2 Å². The molecule has 0 bridgehead atoms. The molecular weight excluding hydrogens is 252 g/mol. The summed E-state index contributed by atoms with van der Waals surface area (Å²) in [5.74, 6) is 4.52. The predicted molar refractivity (Wildman–Crippen MR) is 77.4 cm³/mol. The average molecular weight is 271 g/mol. The summed E-state index contributed by atoms with van der Waals surface area (Å²) in [5, 5.41) is 0. The Balaban J connectivity index is 2.28. The number of halogens is 1. The van der Waals surface area contributed by atoms with E-state index in [-0.39, 0.29) is 0 Å². The van der Waals surface area contributed by atoms with Crippen LogP contribution in [0.25, 0.3) is 0 Å². The number of aromatic nitrogens is 1. The normalized spacial score (nSPS) is 16.6. The molecule has 0 saturated carbocycles. The molecule has 0 spiro atoms. The third-order valence-electron chi connectivity index (χ3n) is 2.97. The summed E-state index contributed by atoms with van der Waals surface area (Å²) in [7, 11) is 0. The highest BCUT2D eigenvalue weighted by molar-refractivity contribution is 7.99. The smallest absolute Gasteiger partial charge is 0.129 e. The Morgan fingerprint density at radius 1 is 1.35 bits per heavy atom. The number of anilines is 1. The van der Waals surface area contributed by atoms with Crippen LogP contribution in [0.15, 0.2) is 12.1 Å². The highest BCUT2D eigenvalue weighted by atomic mass is 35.5. The van der Waals surface area contributed by atoms with Gasteiger partial charge in [-0.3, -0.25) is 0 Å². The van der Waals surface area contributed by atoms with Crippen LogP contribution in [0.5, 0.6) is 0 Å². The molecule has 2 nitrogen and oxygen atoms in total. The van der Waals surface area contributed by atoms with E-state index in [0.29, 0.717) is 11.8 Å². The number of alkyl halides is 1. The molecule has 1 saturated heterocycles. The number of hydrogen-bond donors (Lipinski definition) is 0. The van der Waals surface area contributed by atoms with Crippen molar-refractivity contribution in [2.75, 3.05) is 29.5 Å².